The van der Waals surface area contributed by atoms with Gasteiger partial charge in [-0.15, -0.1) is 0 Å². The maximum absolute atomic E-state index is 8.45. The summed E-state index contributed by atoms with van der Waals surface area (Å²) in [4.78, 5) is 3.21. The Balaban J connectivity index is 2.23. The first kappa shape index (κ1) is 11.8. The molecule has 0 bridgehead atoms. The van der Waals surface area contributed by atoms with Crippen LogP contribution in [0.1, 0.15) is 18.5 Å². The average molecular weight is 249 g/mol. The van der Waals surface area contributed by atoms with Gasteiger partial charge in [-0.3, -0.25) is 0 Å². The van der Waals surface area contributed by atoms with Gasteiger partial charge in [-0.25, -0.2) is 0 Å². The Hall–Kier alpha value is -1.66. The largest absolute Gasteiger partial charge is 0.491 e. The molecule has 0 amide bonds. The van der Waals surface area contributed by atoms with Crippen molar-refractivity contribution in [2.45, 2.75) is 19.8 Å². The number of hydrogen-bond acceptors (Lipinski definition) is 2. The van der Waals surface area contributed by atoms with Crippen molar-refractivity contribution < 1.29 is 4.74 Å². The summed E-state index contributed by atoms with van der Waals surface area (Å²) in [6, 6.07) is 7.88. The van der Waals surface area contributed by atoms with Crippen LogP contribution in [-0.2, 0) is 0 Å². The molecule has 0 unspecified atom stereocenters. The molecule has 0 spiro atoms. The van der Waals surface area contributed by atoms with Crippen LogP contribution in [0.3, 0.4) is 0 Å². The van der Waals surface area contributed by atoms with Crippen molar-refractivity contribution in [3.05, 3.63) is 28.9 Å². The molecule has 0 saturated heterocycles. The number of halogens is 1. The van der Waals surface area contributed by atoms with Crippen molar-refractivity contribution in [3.8, 4) is 11.8 Å². The SMILES string of the molecule is Cc1[nH]c2c(OCCCC#N)cccc2c1Cl. The Labute approximate surface area is 105 Å². The molecule has 4 heteroatoms. The highest BCUT2D eigenvalue weighted by atomic mass is 35.5. The number of nitriles is 1. The van der Waals surface area contributed by atoms with Crippen LogP contribution in [-0.4, -0.2) is 11.6 Å². The third kappa shape index (κ3) is 2.37. The molecule has 2 aromatic rings. The molecule has 0 fully saturated rings. The number of aromatic nitrogens is 1. The maximum atomic E-state index is 8.45. The molecule has 17 heavy (non-hydrogen) atoms. The molecule has 0 radical (unpaired) electrons. The Morgan fingerprint density at radius 2 is 2.29 bits per heavy atom. The van der Waals surface area contributed by atoms with Gasteiger partial charge in [-0.05, 0) is 19.4 Å². The second-order valence-corrected chi connectivity index (χ2v) is 4.23. The van der Waals surface area contributed by atoms with Crippen molar-refractivity contribution in [1.82, 2.24) is 4.98 Å². The molecule has 3 nitrogen and oxygen atoms in total. The van der Waals surface area contributed by atoms with E-state index in [9.17, 15) is 0 Å². The van der Waals surface area contributed by atoms with E-state index in [1.165, 1.54) is 0 Å². The first-order valence-corrected chi connectivity index (χ1v) is 5.88. The fourth-order valence-electron chi connectivity index (χ4n) is 1.74. The third-order valence-electron chi connectivity index (χ3n) is 2.59. The fraction of sp³-hybridized carbons (Fsp3) is 0.308. The number of H-pyrrole nitrogens is 1. The second-order valence-electron chi connectivity index (χ2n) is 3.85. The molecule has 88 valence electrons. The number of nitrogens with zero attached hydrogens (tertiary/aromatic N) is 1. The number of nitrogens with one attached hydrogen (secondary N) is 1. The summed E-state index contributed by atoms with van der Waals surface area (Å²) in [5.74, 6) is 0.787. The summed E-state index contributed by atoms with van der Waals surface area (Å²) in [7, 11) is 0. The van der Waals surface area contributed by atoms with Crippen LogP contribution in [0.4, 0.5) is 0 Å². The van der Waals surface area contributed by atoms with E-state index in [2.05, 4.69) is 11.1 Å². The lowest BCUT2D eigenvalue weighted by Gasteiger charge is -2.05. The normalized spacial score (nSPS) is 10.4. The van der Waals surface area contributed by atoms with E-state index in [1.54, 1.807) is 0 Å². The van der Waals surface area contributed by atoms with Gasteiger partial charge in [-0.2, -0.15) is 5.26 Å². The summed E-state index contributed by atoms with van der Waals surface area (Å²) in [5.41, 5.74) is 1.86. The number of aryl methyl sites for hydroxylation is 1. The Kier molecular flexibility index (Phi) is 3.55. The molecule has 0 aliphatic carbocycles. The maximum Gasteiger partial charge on any atom is 0.143 e. The zero-order valence-corrected chi connectivity index (χ0v) is 10.3. The van der Waals surface area contributed by atoms with Crippen molar-refractivity contribution in [2.75, 3.05) is 6.61 Å². The smallest absolute Gasteiger partial charge is 0.143 e. The molecule has 1 heterocycles. The number of hydrogen-bond donors (Lipinski definition) is 1. The zero-order chi connectivity index (χ0) is 12.3. The molecule has 0 atom stereocenters. The Bertz CT molecular complexity index is 569. The molecule has 1 N–H and O–H groups in total. The fourth-order valence-corrected chi connectivity index (χ4v) is 1.95. The first-order chi connectivity index (χ1) is 8.24. The van der Waals surface area contributed by atoms with Crippen LogP contribution in [0, 0.1) is 18.3 Å². The third-order valence-corrected chi connectivity index (χ3v) is 3.08. The van der Waals surface area contributed by atoms with Crippen LogP contribution >= 0.6 is 11.6 Å². The van der Waals surface area contributed by atoms with Gasteiger partial charge >= 0.3 is 0 Å². The topological polar surface area (TPSA) is 48.8 Å². The van der Waals surface area contributed by atoms with Crippen molar-refractivity contribution in [2.24, 2.45) is 0 Å². The second kappa shape index (κ2) is 5.11. The Morgan fingerprint density at radius 1 is 1.47 bits per heavy atom. The first-order valence-electron chi connectivity index (χ1n) is 5.50. The monoisotopic (exact) mass is 248 g/mol. The van der Waals surface area contributed by atoms with E-state index in [-0.39, 0.29) is 0 Å². The van der Waals surface area contributed by atoms with Crippen molar-refractivity contribution in [3.63, 3.8) is 0 Å². The van der Waals surface area contributed by atoms with Crippen molar-refractivity contribution in [1.29, 1.82) is 5.26 Å². The molecule has 0 aliphatic heterocycles. The van der Waals surface area contributed by atoms with Gasteiger partial charge in [0, 0.05) is 17.5 Å². The van der Waals surface area contributed by atoms with Crippen LogP contribution in [0.15, 0.2) is 18.2 Å². The van der Waals surface area contributed by atoms with Gasteiger partial charge in [0.2, 0.25) is 0 Å². The highest BCUT2D eigenvalue weighted by Crippen LogP contribution is 2.32. The molecule has 0 saturated carbocycles. The van der Waals surface area contributed by atoms with Gasteiger partial charge in [0.05, 0.1) is 23.2 Å². The van der Waals surface area contributed by atoms with Gasteiger partial charge in [0.25, 0.3) is 0 Å². The zero-order valence-electron chi connectivity index (χ0n) is 9.59. The van der Waals surface area contributed by atoms with E-state index in [1.807, 2.05) is 25.1 Å². The molecule has 1 aromatic heterocycles. The predicted molar refractivity (Wildman–Crippen MR) is 68.4 cm³/mol. The van der Waals surface area contributed by atoms with Crippen LogP contribution in [0.5, 0.6) is 5.75 Å². The summed E-state index contributed by atoms with van der Waals surface area (Å²) in [6.07, 6.45) is 1.25. The molecular weight excluding hydrogens is 236 g/mol. The lowest BCUT2D eigenvalue weighted by atomic mass is 10.2. The minimum Gasteiger partial charge on any atom is -0.491 e. The van der Waals surface area contributed by atoms with Crippen LogP contribution in [0.2, 0.25) is 5.02 Å². The molecule has 2 rings (SSSR count). The number of unbranched alkanes of at least 4 members (excludes halogenated alkanes) is 1. The predicted octanol–water partition coefficient (Wildman–Crippen LogP) is 3.81. The van der Waals surface area contributed by atoms with E-state index >= 15 is 0 Å². The van der Waals surface area contributed by atoms with Gasteiger partial charge in [-0.1, -0.05) is 23.7 Å². The minimum atomic E-state index is 0.514. The average Bonchev–Trinajstić information content (AvgIpc) is 2.62. The summed E-state index contributed by atoms with van der Waals surface area (Å²) < 4.78 is 5.65. The van der Waals surface area contributed by atoms with Crippen molar-refractivity contribution >= 4 is 22.5 Å². The van der Waals surface area contributed by atoms with E-state index in [4.69, 9.17) is 21.6 Å². The number of ether oxygens (including phenoxy) is 1. The highest BCUT2D eigenvalue weighted by molar-refractivity contribution is 6.36. The van der Waals surface area contributed by atoms with E-state index < -0.39 is 0 Å². The summed E-state index contributed by atoms with van der Waals surface area (Å²) in [6.45, 7) is 2.48. The Morgan fingerprint density at radius 3 is 3.06 bits per heavy atom. The number of fused-ring (bicyclic) bond motifs is 1. The van der Waals surface area contributed by atoms with Gasteiger partial charge in [0.1, 0.15) is 5.75 Å². The van der Waals surface area contributed by atoms with Crippen LogP contribution < -0.4 is 4.74 Å². The number of rotatable bonds is 4. The van der Waals surface area contributed by atoms with E-state index in [0.717, 1.165) is 33.8 Å². The quantitative estimate of drug-likeness (QED) is 0.837. The number of para-hydroxylation sites is 1. The van der Waals surface area contributed by atoms with E-state index in [0.29, 0.717) is 13.0 Å². The van der Waals surface area contributed by atoms with Gasteiger partial charge < -0.3 is 9.72 Å². The summed E-state index contributed by atoms with van der Waals surface area (Å²) >= 11 is 6.17. The lowest BCUT2D eigenvalue weighted by Crippen LogP contribution is -1.97. The number of aromatic amines is 1. The lowest BCUT2D eigenvalue weighted by molar-refractivity contribution is 0.316. The standard InChI is InChI=1S/C13H13ClN2O/c1-9-12(14)10-5-4-6-11(13(10)16-9)17-8-3-2-7-15/h4-6,16H,2-3,8H2,1H3. The van der Waals surface area contributed by atoms with Gasteiger partial charge in [0.15, 0.2) is 0 Å². The highest BCUT2D eigenvalue weighted by Gasteiger charge is 2.09. The minimum absolute atomic E-state index is 0.514. The molecule has 1 aromatic carbocycles. The van der Waals surface area contributed by atoms with Crippen LogP contribution in [0.25, 0.3) is 10.9 Å². The summed E-state index contributed by atoms with van der Waals surface area (Å²) in [5, 5.41) is 10.2. The molecule has 0 aliphatic rings. The number of benzene rings is 1. The molecular formula is C13H13ClN2O.